The molecule has 0 spiro atoms. The van der Waals surface area contributed by atoms with E-state index in [1.165, 1.54) is 0 Å². The third kappa shape index (κ3) is 2.62. The molecule has 1 saturated heterocycles. The van der Waals surface area contributed by atoms with Crippen molar-refractivity contribution in [2.75, 3.05) is 11.9 Å². The van der Waals surface area contributed by atoms with Gasteiger partial charge in [-0.1, -0.05) is 22.0 Å². The number of hydrogen-bond donors (Lipinski definition) is 2. The fourth-order valence-electron chi connectivity index (χ4n) is 1.81. The van der Waals surface area contributed by atoms with Crippen LogP contribution in [0.15, 0.2) is 22.7 Å². The van der Waals surface area contributed by atoms with E-state index in [4.69, 9.17) is 0 Å². The van der Waals surface area contributed by atoms with Crippen molar-refractivity contribution in [3.63, 3.8) is 0 Å². The second kappa shape index (κ2) is 4.97. The van der Waals surface area contributed by atoms with Gasteiger partial charge < -0.3 is 10.6 Å². The third-order valence-electron chi connectivity index (χ3n) is 2.82. The Bertz CT molecular complexity index is 400. The van der Waals surface area contributed by atoms with E-state index in [9.17, 15) is 4.79 Å². The molecule has 0 saturated carbocycles. The zero-order chi connectivity index (χ0) is 11.5. The van der Waals surface area contributed by atoms with Crippen molar-refractivity contribution in [1.29, 1.82) is 0 Å². The maximum atomic E-state index is 11.8. The van der Waals surface area contributed by atoms with Gasteiger partial charge in [0.25, 0.3) is 0 Å². The van der Waals surface area contributed by atoms with Crippen LogP contribution in [-0.4, -0.2) is 18.5 Å². The standard InChI is InChI=1S/C12H15BrN2O/c1-8-4-5-9(7-10(8)13)15-12(16)11-3-2-6-14-11/h4-5,7,11,14H,2-3,6H2,1H3,(H,15,16)/t11-/m0/s1. The highest BCUT2D eigenvalue weighted by Gasteiger charge is 2.21. The van der Waals surface area contributed by atoms with Crippen LogP contribution < -0.4 is 10.6 Å². The molecule has 1 heterocycles. The minimum atomic E-state index is -0.0277. The second-order valence-electron chi connectivity index (χ2n) is 4.10. The van der Waals surface area contributed by atoms with Gasteiger partial charge in [-0.3, -0.25) is 4.79 Å². The maximum Gasteiger partial charge on any atom is 0.241 e. The largest absolute Gasteiger partial charge is 0.325 e. The van der Waals surface area contributed by atoms with Gasteiger partial charge in [0.1, 0.15) is 0 Å². The summed E-state index contributed by atoms with van der Waals surface area (Å²) < 4.78 is 1.02. The van der Waals surface area contributed by atoms with Crippen molar-refractivity contribution in [3.8, 4) is 0 Å². The van der Waals surface area contributed by atoms with E-state index < -0.39 is 0 Å². The van der Waals surface area contributed by atoms with Gasteiger partial charge in [-0.05, 0) is 44.0 Å². The zero-order valence-corrected chi connectivity index (χ0v) is 10.8. The van der Waals surface area contributed by atoms with Gasteiger partial charge in [-0.2, -0.15) is 0 Å². The Hall–Kier alpha value is -0.870. The quantitative estimate of drug-likeness (QED) is 0.875. The SMILES string of the molecule is Cc1ccc(NC(=O)[C@@H]2CCCN2)cc1Br. The van der Waals surface area contributed by atoms with Crippen molar-refractivity contribution in [2.45, 2.75) is 25.8 Å². The molecule has 0 radical (unpaired) electrons. The van der Waals surface area contributed by atoms with Crippen LogP contribution in [0.25, 0.3) is 0 Å². The smallest absolute Gasteiger partial charge is 0.241 e. The average Bonchev–Trinajstić information content (AvgIpc) is 2.77. The van der Waals surface area contributed by atoms with Gasteiger partial charge in [0.2, 0.25) is 5.91 Å². The summed E-state index contributed by atoms with van der Waals surface area (Å²) in [5.41, 5.74) is 2.01. The number of nitrogens with one attached hydrogen (secondary N) is 2. The van der Waals surface area contributed by atoms with E-state index in [2.05, 4.69) is 26.6 Å². The Balaban J connectivity index is 2.02. The number of halogens is 1. The van der Waals surface area contributed by atoms with Crippen LogP contribution in [0.1, 0.15) is 18.4 Å². The summed E-state index contributed by atoms with van der Waals surface area (Å²) >= 11 is 3.45. The normalized spacial score (nSPS) is 19.8. The summed E-state index contributed by atoms with van der Waals surface area (Å²) in [5.74, 6) is 0.0632. The van der Waals surface area contributed by atoms with E-state index in [1.807, 2.05) is 25.1 Å². The maximum absolute atomic E-state index is 11.8. The molecule has 2 N–H and O–H groups in total. The van der Waals surface area contributed by atoms with Crippen LogP contribution in [-0.2, 0) is 4.79 Å². The Kier molecular flexibility index (Phi) is 3.61. The molecule has 1 aromatic carbocycles. The lowest BCUT2D eigenvalue weighted by molar-refractivity contribution is -0.117. The summed E-state index contributed by atoms with van der Waals surface area (Å²) in [6.07, 6.45) is 2.01. The van der Waals surface area contributed by atoms with E-state index in [0.717, 1.165) is 35.1 Å². The predicted molar refractivity (Wildman–Crippen MR) is 68.5 cm³/mol. The van der Waals surface area contributed by atoms with Crippen molar-refractivity contribution in [2.24, 2.45) is 0 Å². The molecule has 1 aromatic rings. The molecule has 1 atom stereocenters. The Morgan fingerprint density at radius 3 is 3.00 bits per heavy atom. The van der Waals surface area contributed by atoms with E-state index >= 15 is 0 Å². The molecule has 16 heavy (non-hydrogen) atoms. The molecule has 0 bridgehead atoms. The highest BCUT2D eigenvalue weighted by Crippen LogP contribution is 2.21. The van der Waals surface area contributed by atoms with Crippen molar-refractivity contribution in [3.05, 3.63) is 28.2 Å². The first-order valence-corrected chi connectivity index (χ1v) is 6.26. The fraction of sp³-hybridized carbons (Fsp3) is 0.417. The van der Waals surface area contributed by atoms with E-state index in [0.29, 0.717) is 0 Å². The van der Waals surface area contributed by atoms with Gasteiger partial charge in [0, 0.05) is 10.2 Å². The molecular formula is C12H15BrN2O. The molecule has 2 rings (SSSR count). The van der Waals surface area contributed by atoms with Gasteiger partial charge in [0.15, 0.2) is 0 Å². The van der Waals surface area contributed by atoms with Crippen LogP contribution in [0, 0.1) is 6.92 Å². The molecule has 1 amide bonds. The molecule has 3 nitrogen and oxygen atoms in total. The molecule has 1 fully saturated rings. The van der Waals surface area contributed by atoms with Crippen LogP contribution in [0.5, 0.6) is 0 Å². The van der Waals surface area contributed by atoms with Gasteiger partial charge in [0.05, 0.1) is 6.04 Å². The minimum Gasteiger partial charge on any atom is -0.325 e. The number of anilines is 1. The molecule has 4 heteroatoms. The molecule has 1 aliphatic heterocycles. The summed E-state index contributed by atoms with van der Waals surface area (Å²) in [7, 11) is 0. The monoisotopic (exact) mass is 282 g/mol. The molecule has 1 aliphatic rings. The van der Waals surface area contributed by atoms with Crippen LogP contribution in [0.3, 0.4) is 0 Å². The number of benzene rings is 1. The Morgan fingerprint density at radius 2 is 2.38 bits per heavy atom. The predicted octanol–water partition coefficient (Wildman–Crippen LogP) is 2.45. The molecular weight excluding hydrogens is 268 g/mol. The Morgan fingerprint density at radius 1 is 1.56 bits per heavy atom. The number of aryl methyl sites for hydroxylation is 1. The number of hydrogen-bond acceptors (Lipinski definition) is 2. The number of rotatable bonds is 2. The first-order valence-electron chi connectivity index (χ1n) is 5.47. The molecule has 0 aromatic heterocycles. The molecule has 0 aliphatic carbocycles. The number of amides is 1. The van der Waals surface area contributed by atoms with Gasteiger partial charge >= 0.3 is 0 Å². The van der Waals surface area contributed by atoms with E-state index in [1.54, 1.807) is 0 Å². The lowest BCUT2D eigenvalue weighted by Gasteiger charge is -2.11. The highest BCUT2D eigenvalue weighted by molar-refractivity contribution is 9.10. The van der Waals surface area contributed by atoms with Crippen molar-refractivity contribution < 1.29 is 4.79 Å². The number of carbonyl (C=O) groups excluding carboxylic acids is 1. The molecule has 86 valence electrons. The summed E-state index contributed by atoms with van der Waals surface area (Å²) in [6, 6.07) is 5.82. The lowest BCUT2D eigenvalue weighted by Crippen LogP contribution is -2.35. The van der Waals surface area contributed by atoms with Gasteiger partial charge in [-0.15, -0.1) is 0 Å². The van der Waals surface area contributed by atoms with Crippen LogP contribution in [0.2, 0.25) is 0 Å². The van der Waals surface area contributed by atoms with Crippen molar-refractivity contribution >= 4 is 27.5 Å². The first kappa shape index (κ1) is 11.6. The topological polar surface area (TPSA) is 41.1 Å². The van der Waals surface area contributed by atoms with Crippen LogP contribution in [0.4, 0.5) is 5.69 Å². The first-order chi connectivity index (χ1) is 7.66. The average molecular weight is 283 g/mol. The summed E-state index contributed by atoms with van der Waals surface area (Å²) in [6.45, 7) is 2.96. The zero-order valence-electron chi connectivity index (χ0n) is 9.22. The van der Waals surface area contributed by atoms with Gasteiger partial charge in [-0.25, -0.2) is 0 Å². The highest BCUT2D eigenvalue weighted by atomic mass is 79.9. The van der Waals surface area contributed by atoms with E-state index in [-0.39, 0.29) is 11.9 Å². The minimum absolute atomic E-state index is 0.0277. The van der Waals surface area contributed by atoms with Crippen LogP contribution >= 0.6 is 15.9 Å². The lowest BCUT2D eigenvalue weighted by atomic mass is 10.2. The third-order valence-corrected chi connectivity index (χ3v) is 3.67. The molecule has 0 unspecified atom stereocenters. The fourth-order valence-corrected chi connectivity index (χ4v) is 2.19. The summed E-state index contributed by atoms with van der Waals surface area (Å²) in [4.78, 5) is 11.8. The Labute approximate surface area is 104 Å². The van der Waals surface area contributed by atoms with Crippen molar-refractivity contribution in [1.82, 2.24) is 5.32 Å². The number of carbonyl (C=O) groups is 1. The summed E-state index contributed by atoms with van der Waals surface area (Å²) in [5, 5.41) is 6.10. The second-order valence-corrected chi connectivity index (χ2v) is 4.96.